The molecule has 0 saturated heterocycles. The fraction of sp³-hybridized carbons (Fsp3) is 0.400. The first-order valence-electron chi connectivity index (χ1n) is 4.56. The molecule has 1 heterocycles. The fourth-order valence-electron chi connectivity index (χ4n) is 1.32. The zero-order valence-corrected chi connectivity index (χ0v) is 8.57. The maximum Gasteiger partial charge on any atom is 0.352 e. The summed E-state index contributed by atoms with van der Waals surface area (Å²) in [5, 5.41) is 17.4. The summed E-state index contributed by atoms with van der Waals surface area (Å²) >= 11 is 0. The number of nitrogens with one attached hydrogen (secondary N) is 1. The molecule has 1 unspecified atom stereocenters. The van der Waals surface area contributed by atoms with E-state index >= 15 is 0 Å². The van der Waals surface area contributed by atoms with E-state index in [4.69, 9.17) is 10.2 Å². The lowest BCUT2D eigenvalue weighted by Crippen LogP contribution is -2.13. The van der Waals surface area contributed by atoms with Gasteiger partial charge in [-0.1, -0.05) is 6.92 Å². The first-order chi connectivity index (χ1) is 6.91. The second kappa shape index (κ2) is 4.16. The highest BCUT2D eigenvalue weighted by Crippen LogP contribution is 2.14. The highest BCUT2D eigenvalue weighted by Gasteiger charge is 2.16. The Kier molecular flexibility index (Phi) is 3.14. The van der Waals surface area contributed by atoms with E-state index in [2.05, 4.69) is 4.98 Å². The highest BCUT2D eigenvalue weighted by molar-refractivity contribution is 5.86. The zero-order valence-electron chi connectivity index (χ0n) is 8.57. The molecule has 1 atom stereocenters. The quantitative estimate of drug-likeness (QED) is 0.699. The van der Waals surface area contributed by atoms with Crippen LogP contribution in [0.2, 0.25) is 0 Å². The van der Waals surface area contributed by atoms with E-state index in [9.17, 15) is 9.59 Å². The van der Waals surface area contributed by atoms with Crippen molar-refractivity contribution in [1.82, 2.24) is 4.98 Å². The van der Waals surface area contributed by atoms with Crippen molar-refractivity contribution in [2.45, 2.75) is 20.3 Å². The zero-order chi connectivity index (χ0) is 11.6. The topological polar surface area (TPSA) is 90.4 Å². The number of hydrogen-bond acceptors (Lipinski definition) is 2. The van der Waals surface area contributed by atoms with Crippen LogP contribution < -0.4 is 0 Å². The van der Waals surface area contributed by atoms with E-state index in [1.807, 2.05) is 0 Å². The van der Waals surface area contributed by atoms with Gasteiger partial charge in [0.2, 0.25) is 0 Å². The minimum atomic E-state index is -1.03. The summed E-state index contributed by atoms with van der Waals surface area (Å²) in [6.07, 6.45) is 0.314. The standard InChI is InChI=1S/C10H13NO4/c1-5-3-8(10(14)15)11-7(5)4-6(2)9(12)13/h3,6,11H,4H2,1-2H3,(H,12,13)(H,14,15). The maximum atomic E-state index is 10.6. The Morgan fingerprint density at radius 1 is 1.47 bits per heavy atom. The number of hydrogen-bond donors (Lipinski definition) is 3. The Bertz CT molecular complexity index is 394. The predicted octanol–water partition coefficient (Wildman–Crippen LogP) is 1.28. The molecule has 1 aromatic rings. The molecule has 0 radical (unpaired) electrons. The van der Waals surface area contributed by atoms with Gasteiger partial charge in [0.25, 0.3) is 0 Å². The van der Waals surface area contributed by atoms with Crippen LogP contribution in [0.15, 0.2) is 6.07 Å². The van der Waals surface area contributed by atoms with Crippen molar-refractivity contribution in [3.63, 3.8) is 0 Å². The first kappa shape index (κ1) is 11.3. The van der Waals surface area contributed by atoms with Crippen LogP contribution in [0.5, 0.6) is 0 Å². The molecule has 15 heavy (non-hydrogen) atoms. The lowest BCUT2D eigenvalue weighted by molar-refractivity contribution is -0.141. The third-order valence-electron chi connectivity index (χ3n) is 2.28. The molecule has 0 aliphatic rings. The Balaban J connectivity index is 2.86. The van der Waals surface area contributed by atoms with Crippen molar-refractivity contribution in [2.75, 3.05) is 0 Å². The molecule has 1 rings (SSSR count). The number of aromatic carboxylic acids is 1. The molecular weight excluding hydrogens is 198 g/mol. The van der Waals surface area contributed by atoms with Crippen molar-refractivity contribution in [3.8, 4) is 0 Å². The first-order valence-corrected chi connectivity index (χ1v) is 4.56. The Labute approximate surface area is 86.7 Å². The van der Waals surface area contributed by atoms with Crippen LogP contribution in [-0.4, -0.2) is 27.1 Å². The predicted molar refractivity (Wildman–Crippen MR) is 53.0 cm³/mol. The molecule has 3 N–H and O–H groups in total. The number of carboxylic acid groups (broad SMARTS) is 2. The molecule has 5 nitrogen and oxygen atoms in total. The van der Waals surface area contributed by atoms with Crippen molar-refractivity contribution < 1.29 is 19.8 Å². The molecular formula is C10H13NO4. The third-order valence-corrected chi connectivity index (χ3v) is 2.28. The number of aromatic nitrogens is 1. The van der Waals surface area contributed by atoms with Gasteiger partial charge in [0.1, 0.15) is 5.69 Å². The minimum Gasteiger partial charge on any atom is -0.481 e. The molecule has 0 aliphatic carbocycles. The molecule has 0 aromatic carbocycles. The number of carbonyl (C=O) groups is 2. The SMILES string of the molecule is Cc1cc(C(=O)O)[nH]c1CC(C)C(=O)O. The van der Waals surface area contributed by atoms with Crippen LogP contribution in [-0.2, 0) is 11.2 Å². The van der Waals surface area contributed by atoms with Gasteiger partial charge in [0.15, 0.2) is 0 Å². The second-order valence-corrected chi connectivity index (χ2v) is 3.59. The molecule has 0 amide bonds. The monoisotopic (exact) mass is 211 g/mol. The molecule has 0 bridgehead atoms. The molecule has 0 saturated carbocycles. The summed E-state index contributed by atoms with van der Waals surface area (Å²) < 4.78 is 0. The summed E-state index contributed by atoms with van der Waals surface area (Å²) in [6, 6.07) is 1.51. The van der Waals surface area contributed by atoms with Gasteiger partial charge in [-0.25, -0.2) is 4.79 Å². The van der Waals surface area contributed by atoms with Crippen LogP contribution in [0.1, 0.15) is 28.7 Å². The average molecular weight is 211 g/mol. The van der Waals surface area contributed by atoms with Gasteiger partial charge in [-0.15, -0.1) is 0 Å². The summed E-state index contributed by atoms with van der Waals surface area (Å²) in [6.45, 7) is 3.34. The Morgan fingerprint density at radius 3 is 2.47 bits per heavy atom. The summed E-state index contributed by atoms with van der Waals surface area (Å²) in [4.78, 5) is 24.0. The van der Waals surface area contributed by atoms with Gasteiger partial charge < -0.3 is 15.2 Å². The van der Waals surface area contributed by atoms with Gasteiger partial charge in [-0.3, -0.25) is 4.79 Å². The molecule has 0 spiro atoms. The number of rotatable bonds is 4. The molecule has 0 fully saturated rings. The smallest absolute Gasteiger partial charge is 0.352 e. The van der Waals surface area contributed by atoms with Gasteiger partial charge in [-0.2, -0.15) is 0 Å². The van der Waals surface area contributed by atoms with E-state index in [0.717, 1.165) is 5.56 Å². The van der Waals surface area contributed by atoms with Crippen LogP contribution in [0, 0.1) is 12.8 Å². The van der Waals surface area contributed by atoms with E-state index in [0.29, 0.717) is 12.1 Å². The summed E-state index contributed by atoms with van der Waals surface area (Å²) in [5.41, 5.74) is 1.54. The third kappa shape index (κ3) is 2.59. The molecule has 0 aliphatic heterocycles. The maximum absolute atomic E-state index is 10.6. The van der Waals surface area contributed by atoms with E-state index in [-0.39, 0.29) is 5.69 Å². The van der Waals surface area contributed by atoms with Gasteiger partial charge in [0, 0.05) is 12.1 Å². The molecule has 5 heteroatoms. The van der Waals surface area contributed by atoms with Crippen molar-refractivity contribution in [1.29, 1.82) is 0 Å². The lowest BCUT2D eigenvalue weighted by atomic mass is 10.0. The van der Waals surface area contributed by atoms with Crippen LogP contribution in [0.25, 0.3) is 0 Å². The highest BCUT2D eigenvalue weighted by atomic mass is 16.4. The van der Waals surface area contributed by atoms with Gasteiger partial charge in [-0.05, 0) is 18.6 Å². The number of aromatic amines is 1. The Hall–Kier alpha value is -1.78. The molecule has 82 valence electrons. The van der Waals surface area contributed by atoms with E-state index in [1.165, 1.54) is 6.07 Å². The van der Waals surface area contributed by atoms with Crippen LogP contribution >= 0.6 is 0 Å². The summed E-state index contributed by atoms with van der Waals surface area (Å²) in [7, 11) is 0. The van der Waals surface area contributed by atoms with Crippen molar-refractivity contribution in [3.05, 3.63) is 23.0 Å². The van der Waals surface area contributed by atoms with E-state index < -0.39 is 17.9 Å². The second-order valence-electron chi connectivity index (χ2n) is 3.59. The minimum absolute atomic E-state index is 0.0973. The van der Waals surface area contributed by atoms with Gasteiger partial charge >= 0.3 is 11.9 Å². The Morgan fingerprint density at radius 2 is 2.07 bits per heavy atom. The number of carboxylic acids is 2. The average Bonchev–Trinajstić information content (AvgIpc) is 2.47. The summed E-state index contributed by atoms with van der Waals surface area (Å²) in [5.74, 6) is -2.45. The van der Waals surface area contributed by atoms with Crippen molar-refractivity contribution in [2.24, 2.45) is 5.92 Å². The number of aryl methyl sites for hydroxylation is 1. The fourth-order valence-corrected chi connectivity index (χ4v) is 1.32. The molecule has 1 aromatic heterocycles. The van der Waals surface area contributed by atoms with Crippen molar-refractivity contribution >= 4 is 11.9 Å². The van der Waals surface area contributed by atoms with Crippen LogP contribution in [0.3, 0.4) is 0 Å². The van der Waals surface area contributed by atoms with Gasteiger partial charge in [0.05, 0.1) is 5.92 Å². The van der Waals surface area contributed by atoms with Crippen LogP contribution in [0.4, 0.5) is 0 Å². The lowest BCUT2D eigenvalue weighted by Gasteiger charge is -2.04. The number of aliphatic carboxylic acids is 1. The largest absolute Gasteiger partial charge is 0.481 e. The number of H-pyrrole nitrogens is 1. The van der Waals surface area contributed by atoms with E-state index in [1.54, 1.807) is 13.8 Å². The normalized spacial score (nSPS) is 12.4.